The summed E-state index contributed by atoms with van der Waals surface area (Å²) in [5.41, 5.74) is 4.37. The quantitative estimate of drug-likeness (QED) is 0.537. The first-order chi connectivity index (χ1) is 18.6. The lowest BCUT2D eigenvalue weighted by molar-refractivity contribution is -0.139. The molecule has 0 unspecified atom stereocenters. The van der Waals surface area contributed by atoms with Crippen LogP contribution in [0.25, 0.3) is 0 Å². The molecule has 1 N–H and O–H groups in total. The number of hydrogen-bond acceptors (Lipinski definition) is 5. The number of aryl methyl sites for hydroxylation is 2. The maximum atomic E-state index is 13.4. The van der Waals surface area contributed by atoms with Crippen molar-refractivity contribution in [1.82, 2.24) is 20.0 Å². The zero-order valence-corrected chi connectivity index (χ0v) is 23.3. The molecule has 0 spiro atoms. The zero-order valence-electron chi connectivity index (χ0n) is 23.3. The number of nitrogens with zero attached hydrogens (tertiary/aromatic N) is 3. The van der Waals surface area contributed by atoms with Crippen LogP contribution >= 0.6 is 0 Å². The van der Waals surface area contributed by atoms with Crippen LogP contribution in [0.4, 0.5) is 9.18 Å². The molecule has 2 aromatic carbocycles. The van der Waals surface area contributed by atoms with Crippen molar-refractivity contribution in [1.29, 1.82) is 0 Å². The Morgan fingerprint density at radius 3 is 2.44 bits per heavy atom. The number of rotatable bonds is 7. The number of nitrogens with one attached hydrogen (secondary N) is 1. The predicted molar refractivity (Wildman–Crippen MR) is 147 cm³/mol. The van der Waals surface area contributed by atoms with Gasteiger partial charge in [0.2, 0.25) is 0 Å². The van der Waals surface area contributed by atoms with E-state index in [0.717, 1.165) is 16.7 Å². The van der Waals surface area contributed by atoms with Crippen LogP contribution in [0.3, 0.4) is 0 Å². The number of likely N-dealkylation sites (N-methyl/N-ethyl adjacent to an activating group) is 1. The van der Waals surface area contributed by atoms with Crippen LogP contribution in [0.1, 0.15) is 53.9 Å². The van der Waals surface area contributed by atoms with Crippen molar-refractivity contribution in [2.75, 3.05) is 39.3 Å². The average Bonchev–Trinajstić information content (AvgIpc) is 2.90. The second-order valence-electron chi connectivity index (χ2n) is 10.2. The third kappa shape index (κ3) is 5.98. The van der Waals surface area contributed by atoms with E-state index in [-0.39, 0.29) is 30.4 Å². The van der Waals surface area contributed by atoms with Gasteiger partial charge in [0.05, 0.1) is 18.2 Å². The second kappa shape index (κ2) is 12.0. The molecule has 0 saturated carbocycles. The first-order valence-electron chi connectivity index (χ1n) is 13.5. The summed E-state index contributed by atoms with van der Waals surface area (Å²) in [5, 5.41) is 3.04. The van der Waals surface area contributed by atoms with Crippen molar-refractivity contribution in [3.05, 3.63) is 81.8 Å². The van der Waals surface area contributed by atoms with E-state index in [4.69, 9.17) is 4.74 Å². The molecule has 39 heavy (non-hydrogen) atoms. The molecule has 2 aromatic rings. The molecule has 1 saturated heterocycles. The third-order valence-electron chi connectivity index (χ3n) is 7.43. The monoisotopic (exact) mass is 536 g/mol. The smallest absolute Gasteiger partial charge is 0.338 e. The van der Waals surface area contributed by atoms with E-state index in [0.29, 0.717) is 49.6 Å². The van der Waals surface area contributed by atoms with Gasteiger partial charge >= 0.3 is 12.0 Å². The summed E-state index contributed by atoms with van der Waals surface area (Å²) in [6.45, 7) is 12.1. The molecule has 8 nitrogen and oxygen atoms in total. The molecule has 4 rings (SSSR count). The largest absolute Gasteiger partial charge is 0.463 e. The molecule has 2 atom stereocenters. The molecule has 3 amide bonds. The van der Waals surface area contributed by atoms with Gasteiger partial charge in [0, 0.05) is 50.0 Å². The Bertz CT molecular complexity index is 1280. The van der Waals surface area contributed by atoms with E-state index >= 15 is 0 Å². The van der Waals surface area contributed by atoms with Crippen LogP contribution in [0.15, 0.2) is 53.7 Å². The van der Waals surface area contributed by atoms with Crippen molar-refractivity contribution < 1.29 is 23.5 Å². The van der Waals surface area contributed by atoms with Gasteiger partial charge in [-0.2, -0.15) is 0 Å². The minimum absolute atomic E-state index is 0.120. The summed E-state index contributed by atoms with van der Waals surface area (Å²) >= 11 is 0. The molecule has 9 heteroatoms. The lowest BCUT2D eigenvalue weighted by Gasteiger charge is -2.43. The highest BCUT2D eigenvalue weighted by Crippen LogP contribution is 2.34. The molecular weight excluding hydrogens is 499 g/mol. The molecule has 1 fully saturated rings. The fourth-order valence-corrected chi connectivity index (χ4v) is 5.41. The predicted octanol–water partition coefficient (Wildman–Crippen LogP) is 4.19. The van der Waals surface area contributed by atoms with Gasteiger partial charge in [0.1, 0.15) is 5.82 Å². The minimum Gasteiger partial charge on any atom is -0.463 e. The number of benzene rings is 2. The third-order valence-corrected chi connectivity index (χ3v) is 7.43. The number of urea groups is 1. The van der Waals surface area contributed by atoms with Crippen molar-refractivity contribution in [3.8, 4) is 0 Å². The molecule has 2 heterocycles. The van der Waals surface area contributed by atoms with Gasteiger partial charge in [0.15, 0.2) is 0 Å². The number of halogens is 1. The molecule has 0 aliphatic carbocycles. The Balaban J connectivity index is 1.65. The van der Waals surface area contributed by atoms with Gasteiger partial charge in [-0.1, -0.05) is 23.8 Å². The fourth-order valence-electron chi connectivity index (χ4n) is 5.41. The highest BCUT2D eigenvalue weighted by molar-refractivity contribution is 5.96. The van der Waals surface area contributed by atoms with Crippen molar-refractivity contribution >= 4 is 17.9 Å². The summed E-state index contributed by atoms with van der Waals surface area (Å²) in [5.74, 6) is -0.975. The Labute approximate surface area is 229 Å². The van der Waals surface area contributed by atoms with E-state index in [1.54, 1.807) is 16.7 Å². The highest BCUT2D eigenvalue weighted by Gasteiger charge is 2.39. The number of carbonyl (C=O) groups excluding carboxylic acids is 3. The zero-order chi connectivity index (χ0) is 28.3. The average molecular weight is 537 g/mol. The van der Waals surface area contributed by atoms with Crippen molar-refractivity contribution in [3.63, 3.8) is 0 Å². The van der Waals surface area contributed by atoms with Crippen LogP contribution in [-0.4, -0.2) is 78.0 Å². The Hall–Kier alpha value is -3.72. The van der Waals surface area contributed by atoms with E-state index in [2.05, 4.69) is 10.2 Å². The Morgan fingerprint density at radius 1 is 1.08 bits per heavy atom. The summed E-state index contributed by atoms with van der Waals surface area (Å²) in [4.78, 5) is 45.4. The number of amides is 3. The van der Waals surface area contributed by atoms with E-state index in [1.165, 1.54) is 24.3 Å². The number of piperazine rings is 1. The fraction of sp³-hybridized carbons (Fsp3) is 0.433. The van der Waals surface area contributed by atoms with Gasteiger partial charge < -0.3 is 15.0 Å². The number of hydrogen-bond donors (Lipinski definition) is 1. The Morgan fingerprint density at radius 2 is 1.79 bits per heavy atom. The van der Waals surface area contributed by atoms with E-state index in [9.17, 15) is 18.8 Å². The molecule has 2 aliphatic heterocycles. The van der Waals surface area contributed by atoms with E-state index in [1.807, 2.05) is 45.9 Å². The normalized spacial score (nSPS) is 20.2. The standard InChI is InChI=1S/C30H37FN4O4/c1-6-34-25(18-33-14-15-35(21(5)17-33)28(36)22-10-12-23(31)13-11-22)26(29(37)39-7-2)27(32-30(34)38)24-16-19(3)8-9-20(24)4/h8-13,16,21,27H,6-7,14-15,17-18H2,1-5H3,(H,32,38)/t21-,27-/m1/s1. The van der Waals surface area contributed by atoms with Gasteiger partial charge in [-0.25, -0.2) is 14.0 Å². The molecular formula is C30H37FN4O4. The van der Waals surface area contributed by atoms with Crippen molar-refractivity contribution in [2.24, 2.45) is 0 Å². The van der Waals surface area contributed by atoms with Crippen LogP contribution in [0, 0.1) is 19.7 Å². The van der Waals surface area contributed by atoms with Gasteiger partial charge in [-0.3, -0.25) is 14.6 Å². The maximum absolute atomic E-state index is 13.4. The number of esters is 1. The molecule has 0 aromatic heterocycles. The summed E-state index contributed by atoms with van der Waals surface area (Å²) < 4.78 is 18.8. The number of carbonyl (C=O) groups is 3. The first kappa shape index (κ1) is 28.3. The number of ether oxygens (including phenoxy) is 1. The SMILES string of the molecule is CCOC(=O)C1=C(CN2CCN(C(=O)c3ccc(F)cc3)[C@H](C)C2)N(CC)C(=O)N[C@@H]1c1cc(C)ccc1C. The lowest BCUT2D eigenvalue weighted by atomic mass is 9.90. The van der Waals surface area contributed by atoms with Crippen LogP contribution in [0.2, 0.25) is 0 Å². The first-order valence-corrected chi connectivity index (χ1v) is 13.5. The molecule has 2 aliphatic rings. The lowest BCUT2D eigenvalue weighted by Crippen LogP contribution is -2.56. The van der Waals surface area contributed by atoms with Gasteiger partial charge in [-0.05, 0) is 70.0 Å². The van der Waals surface area contributed by atoms with Gasteiger partial charge in [0.25, 0.3) is 5.91 Å². The van der Waals surface area contributed by atoms with E-state index < -0.39 is 12.0 Å². The highest BCUT2D eigenvalue weighted by atomic mass is 19.1. The van der Waals surface area contributed by atoms with Crippen LogP contribution in [-0.2, 0) is 9.53 Å². The maximum Gasteiger partial charge on any atom is 0.338 e. The molecule has 0 bridgehead atoms. The second-order valence-corrected chi connectivity index (χ2v) is 10.2. The molecule has 0 radical (unpaired) electrons. The summed E-state index contributed by atoms with van der Waals surface area (Å²) in [6.07, 6.45) is 0. The van der Waals surface area contributed by atoms with Crippen molar-refractivity contribution in [2.45, 2.75) is 46.7 Å². The van der Waals surface area contributed by atoms with Crippen LogP contribution < -0.4 is 5.32 Å². The summed E-state index contributed by atoms with van der Waals surface area (Å²) in [6, 6.07) is 10.6. The van der Waals surface area contributed by atoms with Crippen LogP contribution in [0.5, 0.6) is 0 Å². The Kier molecular flexibility index (Phi) is 8.70. The van der Waals surface area contributed by atoms with Gasteiger partial charge in [-0.15, -0.1) is 0 Å². The minimum atomic E-state index is -0.631. The summed E-state index contributed by atoms with van der Waals surface area (Å²) in [7, 11) is 0. The topological polar surface area (TPSA) is 82.2 Å². The molecule has 208 valence electrons.